The van der Waals surface area contributed by atoms with Gasteiger partial charge in [0.2, 0.25) is 0 Å². The molecule has 0 saturated carbocycles. The maximum absolute atomic E-state index is 12.3. The first-order valence-corrected chi connectivity index (χ1v) is 9.75. The molecule has 0 unspecified atom stereocenters. The van der Waals surface area contributed by atoms with Gasteiger partial charge in [-0.15, -0.1) is 0 Å². The van der Waals surface area contributed by atoms with Crippen LogP contribution in [0, 0.1) is 0 Å². The Morgan fingerprint density at radius 1 is 1.03 bits per heavy atom. The summed E-state index contributed by atoms with van der Waals surface area (Å²) < 4.78 is 5.64. The predicted octanol–water partition coefficient (Wildman–Crippen LogP) is 4.71. The van der Waals surface area contributed by atoms with E-state index >= 15 is 0 Å². The maximum Gasteiger partial charge on any atom is 0.258 e. The molecule has 0 spiro atoms. The Hall–Kier alpha value is -3.34. The number of ether oxygens (including phenoxy) is 1. The lowest BCUT2D eigenvalue weighted by molar-refractivity contribution is -0.123. The van der Waals surface area contributed by atoms with Gasteiger partial charge in [-0.25, -0.2) is 0 Å². The van der Waals surface area contributed by atoms with Gasteiger partial charge in [0.15, 0.2) is 6.61 Å². The molecule has 4 aromatic rings. The number of fused-ring (bicyclic) bond motifs is 3. The first-order valence-electron chi connectivity index (χ1n) is 9.75. The number of nitrogens with zero attached hydrogens (tertiary/aromatic N) is 1. The molecule has 2 N–H and O–H groups in total. The van der Waals surface area contributed by atoms with E-state index in [1.807, 2.05) is 48.7 Å². The van der Waals surface area contributed by atoms with Gasteiger partial charge in [0.05, 0.1) is 11.7 Å². The van der Waals surface area contributed by atoms with Crippen molar-refractivity contribution in [2.45, 2.75) is 32.7 Å². The number of aromatic nitrogens is 2. The van der Waals surface area contributed by atoms with Crippen LogP contribution in [-0.2, 0) is 16.8 Å². The molecule has 29 heavy (non-hydrogen) atoms. The fraction of sp³-hybridized carbons (Fsp3) is 0.250. The quantitative estimate of drug-likeness (QED) is 0.521. The van der Waals surface area contributed by atoms with E-state index < -0.39 is 0 Å². The van der Waals surface area contributed by atoms with Crippen LogP contribution in [0.4, 0.5) is 0 Å². The number of amides is 1. The second-order valence-electron chi connectivity index (χ2n) is 8.25. The molecule has 4 rings (SSSR count). The fourth-order valence-corrected chi connectivity index (χ4v) is 3.46. The Bertz CT molecular complexity index is 1150. The zero-order valence-corrected chi connectivity index (χ0v) is 17.0. The van der Waals surface area contributed by atoms with Gasteiger partial charge in [0.1, 0.15) is 5.75 Å². The minimum atomic E-state index is -0.154. The Balaban J connectivity index is 1.41. The highest BCUT2D eigenvalue weighted by Gasteiger charge is 2.13. The van der Waals surface area contributed by atoms with Crippen molar-refractivity contribution in [1.82, 2.24) is 15.5 Å². The van der Waals surface area contributed by atoms with Crippen molar-refractivity contribution in [3.05, 3.63) is 71.9 Å². The third-order valence-corrected chi connectivity index (χ3v) is 5.12. The fourth-order valence-electron chi connectivity index (χ4n) is 3.46. The zero-order chi connectivity index (χ0) is 20.4. The highest BCUT2D eigenvalue weighted by Crippen LogP contribution is 2.27. The SMILES string of the molecule is CC(C)(C)c1ccc(OCC(=O)NCc2cc3[nH]ncc3c3ccccc23)cc1. The third-order valence-electron chi connectivity index (χ3n) is 5.12. The van der Waals surface area contributed by atoms with Crippen molar-refractivity contribution < 1.29 is 9.53 Å². The zero-order valence-electron chi connectivity index (χ0n) is 17.0. The van der Waals surface area contributed by atoms with Gasteiger partial charge in [0.25, 0.3) is 5.91 Å². The minimum Gasteiger partial charge on any atom is -0.484 e. The molecule has 0 aliphatic heterocycles. The Morgan fingerprint density at radius 3 is 2.48 bits per heavy atom. The van der Waals surface area contributed by atoms with Crippen LogP contribution in [0.15, 0.2) is 60.8 Å². The molecule has 0 bridgehead atoms. The molecule has 148 valence electrons. The molecular formula is C24H25N3O2. The smallest absolute Gasteiger partial charge is 0.258 e. The van der Waals surface area contributed by atoms with Crippen molar-refractivity contribution in [2.75, 3.05) is 6.61 Å². The summed E-state index contributed by atoms with van der Waals surface area (Å²) in [4.78, 5) is 12.3. The van der Waals surface area contributed by atoms with Crippen LogP contribution in [-0.4, -0.2) is 22.7 Å². The number of benzene rings is 3. The lowest BCUT2D eigenvalue weighted by Crippen LogP contribution is -2.28. The summed E-state index contributed by atoms with van der Waals surface area (Å²) in [5, 5.41) is 13.4. The third kappa shape index (κ3) is 4.09. The number of aromatic amines is 1. The number of nitrogens with one attached hydrogen (secondary N) is 2. The molecule has 5 nitrogen and oxygen atoms in total. The van der Waals surface area contributed by atoms with Gasteiger partial charge in [-0.1, -0.05) is 57.2 Å². The van der Waals surface area contributed by atoms with Crippen molar-refractivity contribution >= 4 is 27.6 Å². The molecule has 1 aromatic heterocycles. The van der Waals surface area contributed by atoms with Crippen molar-refractivity contribution in [1.29, 1.82) is 0 Å². The van der Waals surface area contributed by atoms with E-state index in [9.17, 15) is 4.79 Å². The predicted molar refractivity (Wildman–Crippen MR) is 116 cm³/mol. The highest BCUT2D eigenvalue weighted by molar-refractivity contribution is 6.07. The van der Waals surface area contributed by atoms with E-state index in [0.29, 0.717) is 12.3 Å². The minimum absolute atomic E-state index is 0.0148. The molecule has 0 atom stereocenters. The van der Waals surface area contributed by atoms with Gasteiger partial charge in [-0.3, -0.25) is 9.89 Å². The highest BCUT2D eigenvalue weighted by atomic mass is 16.5. The van der Waals surface area contributed by atoms with E-state index in [1.54, 1.807) is 0 Å². The molecule has 5 heteroatoms. The summed E-state index contributed by atoms with van der Waals surface area (Å²) in [5.41, 5.74) is 3.33. The Morgan fingerprint density at radius 2 is 1.76 bits per heavy atom. The summed E-state index contributed by atoms with van der Waals surface area (Å²) in [6.45, 7) is 6.92. The van der Waals surface area contributed by atoms with Gasteiger partial charge < -0.3 is 10.1 Å². The molecular weight excluding hydrogens is 362 g/mol. The molecule has 0 saturated heterocycles. The average Bonchev–Trinajstić information content (AvgIpc) is 3.19. The summed E-state index contributed by atoms with van der Waals surface area (Å²) >= 11 is 0. The summed E-state index contributed by atoms with van der Waals surface area (Å²) in [6.07, 6.45) is 1.83. The van der Waals surface area contributed by atoms with Gasteiger partial charge in [-0.05, 0) is 45.5 Å². The second kappa shape index (κ2) is 7.59. The van der Waals surface area contributed by atoms with E-state index in [2.05, 4.69) is 48.4 Å². The molecule has 0 aliphatic rings. The maximum atomic E-state index is 12.3. The van der Waals surface area contributed by atoms with Crippen LogP contribution in [0.3, 0.4) is 0 Å². The van der Waals surface area contributed by atoms with E-state index in [0.717, 1.165) is 27.2 Å². The van der Waals surface area contributed by atoms with Gasteiger partial charge in [0, 0.05) is 11.9 Å². The number of carbonyl (C=O) groups is 1. The number of rotatable bonds is 5. The molecule has 0 radical (unpaired) electrons. The van der Waals surface area contributed by atoms with Crippen LogP contribution in [0.25, 0.3) is 21.7 Å². The van der Waals surface area contributed by atoms with Gasteiger partial charge in [-0.2, -0.15) is 5.10 Å². The van der Waals surface area contributed by atoms with Crippen molar-refractivity contribution in [3.63, 3.8) is 0 Å². The Labute approximate surface area is 170 Å². The molecule has 0 aliphatic carbocycles. The van der Waals surface area contributed by atoms with E-state index in [-0.39, 0.29) is 17.9 Å². The van der Waals surface area contributed by atoms with Crippen molar-refractivity contribution in [2.24, 2.45) is 0 Å². The van der Waals surface area contributed by atoms with Crippen LogP contribution in [0.1, 0.15) is 31.9 Å². The van der Waals surface area contributed by atoms with Crippen LogP contribution < -0.4 is 10.1 Å². The van der Waals surface area contributed by atoms with Crippen LogP contribution >= 0.6 is 0 Å². The first-order chi connectivity index (χ1) is 13.9. The van der Waals surface area contributed by atoms with E-state index in [4.69, 9.17) is 4.74 Å². The van der Waals surface area contributed by atoms with Crippen LogP contribution in [0.5, 0.6) is 5.75 Å². The topological polar surface area (TPSA) is 67.0 Å². The second-order valence-corrected chi connectivity index (χ2v) is 8.25. The van der Waals surface area contributed by atoms with Crippen LogP contribution in [0.2, 0.25) is 0 Å². The van der Waals surface area contributed by atoms with Crippen molar-refractivity contribution in [3.8, 4) is 5.75 Å². The molecule has 3 aromatic carbocycles. The number of H-pyrrole nitrogens is 1. The molecule has 1 amide bonds. The largest absolute Gasteiger partial charge is 0.484 e. The van der Waals surface area contributed by atoms with Gasteiger partial charge >= 0.3 is 0 Å². The summed E-state index contributed by atoms with van der Waals surface area (Å²) in [6, 6.07) is 18.1. The normalized spacial score (nSPS) is 11.7. The lowest BCUT2D eigenvalue weighted by atomic mass is 9.87. The lowest BCUT2D eigenvalue weighted by Gasteiger charge is -2.19. The number of carbonyl (C=O) groups excluding carboxylic acids is 1. The first kappa shape index (κ1) is 19.0. The standard InChI is InChI=1S/C24H25N3O2/c1-24(2,3)17-8-10-18(11-9-17)29-15-23(28)25-13-16-12-22-21(14-26-27-22)20-7-5-4-6-19(16)20/h4-12,14H,13,15H2,1-3H3,(H,25,28)(H,26,27). The summed E-state index contributed by atoms with van der Waals surface area (Å²) in [5.74, 6) is 0.538. The average molecular weight is 387 g/mol. The monoisotopic (exact) mass is 387 g/mol. The van der Waals surface area contributed by atoms with E-state index in [1.165, 1.54) is 5.56 Å². The molecule has 1 heterocycles. The summed E-state index contributed by atoms with van der Waals surface area (Å²) in [7, 11) is 0. The molecule has 0 fully saturated rings. The Kier molecular flexibility index (Phi) is 4.97. The number of hydrogen-bond donors (Lipinski definition) is 2. The number of hydrogen-bond acceptors (Lipinski definition) is 3.